The Morgan fingerprint density at radius 1 is 1.61 bits per heavy atom. The van der Waals surface area contributed by atoms with E-state index < -0.39 is 5.91 Å². The highest BCUT2D eigenvalue weighted by atomic mass is 16.1. The summed E-state index contributed by atoms with van der Waals surface area (Å²) in [5.41, 5.74) is 8.28. The van der Waals surface area contributed by atoms with Crippen LogP contribution in [0, 0.1) is 13.8 Å². The number of primary amides is 1. The number of rotatable bonds is 4. The Morgan fingerprint density at radius 2 is 2.39 bits per heavy atom. The number of carbonyl (C=O) groups excluding carboxylic acids is 1. The van der Waals surface area contributed by atoms with Gasteiger partial charge >= 0.3 is 0 Å². The minimum Gasteiger partial charge on any atom is -0.383 e. The van der Waals surface area contributed by atoms with Gasteiger partial charge in [0.25, 0.3) is 5.91 Å². The molecule has 0 bridgehead atoms. The fourth-order valence-corrected chi connectivity index (χ4v) is 2.44. The SMILES string of the molecule is Cc1cc(NCC2CCCN2)c(C(N)=O)c(C)n1. The maximum atomic E-state index is 11.5. The summed E-state index contributed by atoms with van der Waals surface area (Å²) in [7, 11) is 0. The van der Waals surface area contributed by atoms with Gasteiger partial charge in [0.05, 0.1) is 16.9 Å². The van der Waals surface area contributed by atoms with Crippen LogP contribution in [0.25, 0.3) is 0 Å². The van der Waals surface area contributed by atoms with E-state index in [4.69, 9.17) is 5.73 Å². The molecule has 2 heterocycles. The molecule has 5 heteroatoms. The summed E-state index contributed by atoms with van der Waals surface area (Å²) in [6.45, 7) is 5.61. The zero-order chi connectivity index (χ0) is 13.1. The lowest BCUT2D eigenvalue weighted by atomic mass is 10.1. The highest BCUT2D eigenvalue weighted by Gasteiger charge is 2.17. The Hall–Kier alpha value is -1.62. The number of anilines is 1. The Balaban J connectivity index is 2.16. The molecule has 18 heavy (non-hydrogen) atoms. The molecular formula is C13H20N4O. The standard InChI is InChI=1S/C13H20N4O/c1-8-6-11(12(13(14)18)9(2)17-8)16-7-10-4-3-5-15-10/h6,10,15H,3-5,7H2,1-2H3,(H2,14,18)(H,16,17). The van der Waals surface area contributed by atoms with Crippen LogP contribution in [0.15, 0.2) is 6.07 Å². The van der Waals surface area contributed by atoms with Crippen LogP contribution in [0.5, 0.6) is 0 Å². The lowest BCUT2D eigenvalue weighted by molar-refractivity contribution is 0.1000. The van der Waals surface area contributed by atoms with Gasteiger partial charge in [0.2, 0.25) is 0 Å². The number of hydrogen-bond donors (Lipinski definition) is 3. The lowest BCUT2D eigenvalue weighted by Crippen LogP contribution is -2.30. The molecule has 1 unspecified atom stereocenters. The van der Waals surface area contributed by atoms with E-state index in [9.17, 15) is 4.79 Å². The number of aryl methyl sites for hydroxylation is 2. The number of aromatic nitrogens is 1. The first-order chi connectivity index (χ1) is 8.58. The van der Waals surface area contributed by atoms with Crippen molar-refractivity contribution in [2.75, 3.05) is 18.4 Å². The van der Waals surface area contributed by atoms with E-state index in [0.717, 1.165) is 24.5 Å². The van der Waals surface area contributed by atoms with Crippen LogP contribution in [0.4, 0.5) is 5.69 Å². The average molecular weight is 248 g/mol. The van der Waals surface area contributed by atoms with Gasteiger partial charge in [-0.25, -0.2) is 0 Å². The second-order valence-electron chi connectivity index (χ2n) is 4.81. The number of carbonyl (C=O) groups is 1. The summed E-state index contributed by atoms with van der Waals surface area (Å²) >= 11 is 0. The lowest BCUT2D eigenvalue weighted by Gasteiger charge is -2.16. The van der Waals surface area contributed by atoms with E-state index in [2.05, 4.69) is 15.6 Å². The fourth-order valence-electron chi connectivity index (χ4n) is 2.44. The Kier molecular flexibility index (Phi) is 3.81. The van der Waals surface area contributed by atoms with Crippen molar-refractivity contribution in [3.05, 3.63) is 23.0 Å². The van der Waals surface area contributed by atoms with Crippen LogP contribution >= 0.6 is 0 Å². The van der Waals surface area contributed by atoms with E-state index in [1.165, 1.54) is 12.8 Å². The number of pyridine rings is 1. The van der Waals surface area contributed by atoms with Gasteiger partial charge in [-0.2, -0.15) is 0 Å². The third-order valence-corrected chi connectivity index (χ3v) is 3.28. The van der Waals surface area contributed by atoms with E-state index in [0.29, 0.717) is 17.3 Å². The van der Waals surface area contributed by atoms with Gasteiger partial charge in [0.1, 0.15) is 0 Å². The molecule has 2 rings (SSSR count). The molecule has 5 nitrogen and oxygen atoms in total. The van der Waals surface area contributed by atoms with Crippen molar-refractivity contribution in [2.24, 2.45) is 5.73 Å². The zero-order valence-corrected chi connectivity index (χ0v) is 10.9. The van der Waals surface area contributed by atoms with Crippen LogP contribution in [0.3, 0.4) is 0 Å². The van der Waals surface area contributed by atoms with Crippen molar-refractivity contribution in [1.82, 2.24) is 10.3 Å². The molecule has 0 aliphatic carbocycles. The normalized spacial score (nSPS) is 18.9. The third kappa shape index (κ3) is 2.79. The van der Waals surface area contributed by atoms with Gasteiger partial charge in [0.15, 0.2) is 0 Å². The van der Waals surface area contributed by atoms with Gasteiger partial charge in [0, 0.05) is 18.3 Å². The third-order valence-electron chi connectivity index (χ3n) is 3.28. The number of nitrogens with one attached hydrogen (secondary N) is 2. The van der Waals surface area contributed by atoms with Crippen molar-refractivity contribution >= 4 is 11.6 Å². The topological polar surface area (TPSA) is 80.0 Å². The molecule has 1 aromatic heterocycles. The van der Waals surface area contributed by atoms with Crippen molar-refractivity contribution in [3.8, 4) is 0 Å². The molecule has 0 aromatic carbocycles. The second kappa shape index (κ2) is 5.35. The number of hydrogen-bond acceptors (Lipinski definition) is 4. The highest BCUT2D eigenvalue weighted by Crippen LogP contribution is 2.19. The first-order valence-electron chi connectivity index (χ1n) is 6.33. The summed E-state index contributed by atoms with van der Waals surface area (Å²) < 4.78 is 0. The van der Waals surface area contributed by atoms with Crippen LogP contribution in [0.1, 0.15) is 34.6 Å². The monoisotopic (exact) mass is 248 g/mol. The van der Waals surface area contributed by atoms with Crippen molar-refractivity contribution in [2.45, 2.75) is 32.7 Å². The summed E-state index contributed by atoms with van der Waals surface area (Å²) in [5, 5.41) is 6.73. The van der Waals surface area contributed by atoms with Crippen LogP contribution in [0.2, 0.25) is 0 Å². The van der Waals surface area contributed by atoms with E-state index in [1.807, 2.05) is 19.9 Å². The molecule has 1 saturated heterocycles. The Morgan fingerprint density at radius 3 is 3.00 bits per heavy atom. The van der Waals surface area contributed by atoms with Gasteiger partial charge < -0.3 is 16.4 Å². The molecule has 0 spiro atoms. The van der Waals surface area contributed by atoms with E-state index >= 15 is 0 Å². The second-order valence-corrected chi connectivity index (χ2v) is 4.81. The summed E-state index contributed by atoms with van der Waals surface area (Å²) in [5.74, 6) is -0.429. The smallest absolute Gasteiger partial charge is 0.252 e. The van der Waals surface area contributed by atoms with Crippen LogP contribution in [-0.4, -0.2) is 30.0 Å². The average Bonchev–Trinajstić information content (AvgIpc) is 2.77. The molecule has 4 N–H and O–H groups in total. The molecule has 1 fully saturated rings. The predicted molar refractivity (Wildman–Crippen MR) is 71.7 cm³/mol. The molecule has 0 saturated carbocycles. The molecule has 0 radical (unpaired) electrons. The van der Waals surface area contributed by atoms with Crippen molar-refractivity contribution in [3.63, 3.8) is 0 Å². The minimum atomic E-state index is -0.429. The van der Waals surface area contributed by atoms with Crippen LogP contribution in [-0.2, 0) is 0 Å². The number of nitrogens with zero attached hydrogens (tertiary/aromatic N) is 1. The largest absolute Gasteiger partial charge is 0.383 e. The summed E-state index contributed by atoms with van der Waals surface area (Å²) in [6, 6.07) is 2.35. The summed E-state index contributed by atoms with van der Waals surface area (Å²) in [4.78, 5) is 15.8. The number of nitrogens with two attached hydrogens (primary N) is 1. The van der Waals surface area contributed by atoms with Crippen LogP contribution < -0.4 is 16.4 Å². The first kappa shape index (κ1) is 12.8. The van der Waals surface area contributed by atoms with Gasteiger partial charge in [-0.1, -0.05) is 0 Å². The summed E-state index contributed by atoms with van der Waals surface area (Å²) in [6.07, 6.45) is 2.38. The Labute approximate surface area is 107 Å². The van der Waals surface area contributed by atoms with Crippen molar-refractivity contribution < 1.29 is 4.79 Å². The van der Waals surface area contributed by atoms with E-state index in [1.54, 1.807) is 0 Å². The molecule has 1 aromatic rings. The highest BCUT2D eigenvalue weighted by molar-refractivity contribution is 5.99. The maximum absolute atomic E-state index is 11.5. The van der Waals surface area contributed by atoms with Gasteiger partial charge in [-0.05, 0) is 39.3 Å². The van der Waals surface area contributed by atoms with Gasteiger partial charge in [-0.3, -0.25) is 9.78 Å². The zero-order valence-electron chi connectivity index (χ0n) is 10.9. The predicted octanol–water partition coefficient (Wildman–Crippen LogP) is 0.961. The molecule has 1 atom stereocenters. The molecule has 98 valence electrons. The molecule has 1 aliphatic rings. The fraction of sp³-hybridized carbons (Fsp3) is 0.538. The van der Waals surface area contributed by atoms with E-state index in [-0.39, 0.29) is 0 Å². The number of amides is 1. The Bertz CT molecular complexity index is 453. The maximum Gasteiger partial charge on any atom is 0.252 e. The molecule has 1 aliphatic heterocycles. The minimum absolute atomic E-state index is 0.429. The quantitative estimate of drug-likeness (QED) is 0.741. The first-order valence-corrected chi connectivity index (χ1v) is 6.33. The van der Waals surface area contributed by atoms with Crippen molar-refractivity contribution in [1.29, 1.82) is 0 Å². The molecule has 1 amide bonds. The van der Waals surface area contributed by atoms with Gasteiger partial charge in [-0.15, -0.1) is 0 Å². The molecular weight excluding hydrogens is 228 g/mol.